The highest BCUT2D eigenvalue weighted by molar-refractivity contribution is 5.94. The molecule has 0 saturated heterocycles. The normalized spacial score (nSPS) is 13.0. The van der Waals surface area contributed by atoms with Crippen LogP contribution < -0.4 is 5.32 Å². The first-order valence-corrected chi connectivity index (χ1v) is 6.46. The van der Waals surface area contributed by atoms with E-state index < -0.39 is 23.8 Å². The Labute approximate surface area is 124 Å². The van der Waals surface area contributed by atoms with Gasteiger partial charge in [0.25, 0.3) is 5.91 Å². The fourth-order valence-corrected chi connectivity index (χ4v) is 1.76. The molecule has 0 radical (unpaired) electrons. The number of aromatic nitrogens is 2. The molecule has 2 rings (SSSR count). The van der Waals surface area contributed by atoms with E-state index in [1.54, 1.807) is 19.1 Å². The molecule has 118 valence electrons. The van der Waals surface area contributed by atoms with Crippen LogP contribution in [0.1, 0.15) is 23.0 Å². The number of amides is 1. The second kappa shape index (κ2) is 6.18. The van der Waals surface area contributed by atoms with Crippen molar-refractivity contribution in [1.29, 1.82) is 0 Å². The van der Waals surface area contributed by atoms with Gasteiger partial charge in [0.1, 0.15) is 0 Å². The van der Waals surface area contributed by atoms with E-state index in [2.05, 4.69) is 10.4 Å². The van der Waals surface area contributed by atoms with E-state index >= 15 is 0 Å². The third-order valence-corrected chi connectivity index (χ3v) is 2.90. The summed E-state index contributed by atoms with van der Waals surface area (Å²) in [5.41, 5.74) is -0.405. The van der Waals surface area contributed by atoms with Gasteiger partial charge >= 0.3 is 6.18 Å². The molecule has 0 aliphatic rings. The number of rotatable bonds is 4. The Balaban J connectivity index is 2.25. The summed E-state index contributed by atoms with van der Waals surface area (Å²) in [5, 5.41) is 14.9. The lowest BCUT2D eigenvalue weighted by Gasteiger charge is -2.11. The van der Waals surface area contributed by atoms with Gasteiger partial charge in [0.05, 0.1) is 12.3 Å². The molecule has 5 nitrogen and oxygen atoms in total. The lowest BCUT2D eigenvalue weighted by Crippen LogP contribution is -2.35. The number of hydrogen-bond acceptors (Lipinski definition) is 3. The van der Waals surface area contributed by atoms with Crippen molar-refractivity contribution >= 4 is 5.91 Å². The summed E-state index contributed by atoms with van der Waals surface area (Å²) in [5.74, 6) is -0.424. The fourth-order valence-electron chi connectivity index (χ4n) is 1.76. The summed E-state index contributed by atoms with van der Waals surface area (Å²) in [6.45, 7) is 1.42. The van der Waals surface area contributed by atoms with Crippen LogP contribution in [0.25, 0.3) is 5.69 Å². The highest BCUT2D eigenvalue weighted by Crippen LogP contribution is 2.27. The van der Waals surface area contributed by atoms with Gasteiger partial charge in [-0.2, -0.15) is 18.3 Å². The molecule has 1 atom stereocenters. The summed E-state index contributed by atoms with van der Waals surface area (Å²) >= 11 is 0. The van der Waals surface area contributed by atoms with Crippen molar-refractivity contribution in [1.82, 2.24) is 15.1 Å². The number of halogens is 3. The van der Waals surface area contributed by atoms with Crippen molar-refractivity contribution in [3.63, 3.8) is 0 Å². The molecule has 0 fully saturated rings. The van der Waals surface area contributed by atoms with Crippen molar-refractivity contribution in [3.8, 4) is 5.69 Å². The standard InChI is InChI=1S/C14H14F3N3O2/c1-9(8-21)18-13(22)10-3-2-4-11(7-10)20-6-5-12(19-20)14(15,16)17/h2-7,9,21H,8H2,1H3,(H,18,22). The van der Waals surface area contributed by atoms with Gasteiger partial charge in [-0.3, -0.25) is 4.79 Å². The Morgan fingerprint density at radius 1 is 1.41 bits per heavy atom. The van der Waals surface area contributed by atoms with E-state index in [-0.39, 0.29) is 12.2 Å². The average Bonchev–Trinajstić information content (AvgIpc) is 2.97. The van der Waals surface area contributed by atoms with Crippen LogP contribution >= 0.6 is 0 Å². The number of nitrogens with one attached hydrogen (secondary N) is 1. The Morgan fingerprint density at radius 3 is 2.73 bits per heavy atom. The van der Waals surface area contributed by atoms with Gasteiger partial charge in [-0.15, -0.1) is 0 Å². The van der Waals surface area contributed by atoms with E-state index in [1.165, 1.54) is 18.3 Å². The second-order valence-electron chi connectivity index (χ2n) is 4.75. The zero-order chi connectivity index (χ0) is 16.3. The maximum atomic E-state index is 12.5. The average molecular weight is 313 g/mol. The largest absolute Gasteiger partial charge is 0.435 e. The number of carbonyl (C=O) groups is 1. The molecule has 0 spiro atoms. The van der Waals surface area contributed by atoms with Gasteiger partial charge in [-0.25, -0.2) is 4.68 Å². The van der Waals surface area contributed by atoms with Gasteiger partial charge in [-0.05, 0) is 31.2 Å². The highest BCUT2D eigenvalue weighted by atomic mass is 19.4. The Morgan fingerprint density at radius 2 is 2.14 bits per heavy atom. The number of hydrogen-bond donors (Lipinski definition) is 2. The van der Waals surface area contributed by atoms with E-state index in [0.717, 1.165) is 10.7 Å². The number of benzene rings is 1. The second-order valence-corrected chi connectivity index (χ2v) is 4.75. The van der Waals surface area contributed by atoms with Gasteiger partial charge in [0, 0.05) is 17.8 Å². The van der Waals surface area contributed by atoms with Crippen LogP contribution in [0.4, 0.5) is 13.2 Å². The minimum absolute atomic E-state index is 0.209. The van der Waals surface area contributed by atoms with Crippen LogP contribution in [0.5, 0.6) is 0 Å². The third kappa shape index (κ3) is 3.64. The number of nitrogens with zero attached hydrogens (tertiary/aromatic N) is 2. The number of aliphatic hydroxyl groups excluding tert-OH is 1. The lowest BCUT2D eigenvalue weighted by molar-refractivity contribution is -0.141. The summed E-state index contributed by atoms with van der Waals surface area (Å²) < 4.78 is 38.7. The predicted molar refractivity (Wildman–Crippen MR) is 72.6 cm³/mol. The minimum Gasteiger partial charge on any atom is -0.394 e. The molecule has 1 aromatic heterocycles. The van der Waals surface area contributed by atoms with Gasteiger partial charge < -0.3 is 10.4 Å². The Bertz CT molecular complexity index is 667. The van der Waals surface area contributed by atoms with Crippen LogP contribution in [0.3, 0.4) is 0 Å². The first kappa shape index (κ1) is 16.0. The van der Waals surface area contributed by atoms with Crippen molar-refractivity contribution in [2.75, 3.05) is 6.61 Å². The van der Waals surface area contributed by atoms with Crippen LogP contribution in [0.15, 0.2) is 36.5 Å². The van der Waals surface area contributed by atoms with Gasteiger partial charge in [0.15, 0.2) is 5.69 Å². The minimum atomic E-state index is -4.52. The van der Waals surface area contributed by atoms with Crippen molar-refractivity contribution in [2.45, 2.75) is 19.1 Å². The highest BCUT2D eigenvalue weighted by Gasteiger charge is 2.33. The van der Waals surface area contributed by atoms with Crippen LogP contribution in [0, 0.1) is 0 Å². The van der Waals surface area contributed by atoms with Crippen LogP contribution in [-0.2, 0) is 6.18 Å². The summed E-state index contributed by atoms with van der Waals surface area (Å²) in [4.78, 5) is 11.9. The molecule has 22 heavy (non-hydrogen) atoms. The summed E-state index contributed by atoms with van der Waals surface area (Å²) in [6.07, 6.45) is -3.34. The third-order valence-electron chi connectivity index (χ3n) is 2.90. The molecular formula is C14H14F3N3O2. The SMILES string of the molecule is CC(CO)NC(=O)c1cccc(-n2ccc(C(F)(F)F)n2)c1. The molecule has 0 saturated carbocycles. The maximum absolute atomic E-state index is 12.5. The first-order valence-electron chi connectivity index (χ1n) is 6.46. The summed E-state index contributed by atoms with van der Waals surface area (Å²) in [6, 6.07) is 6.48. The Hall–Kier alpha value is -2.35. The molecule has 1 unspecified atom stereocenters. The monoisotopic (exact) mass is 313 g/mol. The maximum Gasteiger partial charge on any atom is 0.435 e. The topological polar surface area (TPSA) is 67.2 Å². The van der Waals surface area contributed by atoms with E-state index in [4.69, 9.17) is 5.11 Å². The predicted octanol–water partition coefficient (Wildman–Crippen LogP) is 2.00. The number of alkyl halides is 3. The smallest absolute Gasteiger partial charge is 0.394 e. The molecule has 2 N–H and O–H groups in total. The quantitative estimate of drug-likeness (QED) is 0.907. The van der Waals surface area contributed by atoms with Gasteiger partial charge in [0.2, 0.25) is 0 Å². The van der Waals surface area contributed by atoms with Crippen molar-refractivity contribution in [3.05, 3.63) is 47.8 Å². The molecule has 8 heteroatoms. The van der Waals surface area contributed by atoms with E-state index in [1.807, 2.05) is 0 Å². The fraction of sp³-hybridized carbons (Fsp3) is 0.286. The molecule has 0 aliphatic carbocycles. The molecular weight excluding hydrogens is 299 g/mol. The van der Waals surface area contributed by atoms with E-state index in [9.17, 15) is 18.0 Å². The molecule has 0 aliphatic heterocycles. The number of aliphatic hydroxyl groups is 1. The van der Waals surface area contributed by atoms with Crippen molar-refractivity contribution < 1.29 is 23.1 Å². The van der Waals surface area contributed by atoms with Crippen LogP contribution in [0.2, 0.25) is 0 Å². The first-order chi connectivity index (χ1) is 10.3. The zero-order valence-corrected chi connectivity index (χ0v) is 11.6. The molecule has 2 aromatic rings. The molecule has 1 heterocycles. The zero-order valence-electron chi connectivity index (χ0n) is 11.6. The summed E-state index contributed by atoms with van der Waals surface area (Å²) in [7, 11) is 0. The molecule has 1 aromatic carbocycles. The van der Waals surface area contributed by atoms with E-state index in [0.29, 0.717) is 5.69 Å². The molecule has 0 bridgehead atoms. The van der Waals surface area contributed by atoms with Gasteiger partial charge in [-0.1, -0.05) is 6.07 Å². The molecule has 1 amide bonds. The number of carbonyl (C=O) groups excluding carboxylic acids is 1. The van der Waals surface area contributed by atoms with Crippen LogP contribution in [-0.4, -0.2) is 33.4 Å². The Kier molecular flexibility index (Phi) is 4.51. The lowest BCUT2D eigenvalue weighted by atomic mass is 10.2. The van der Waals surface area contributed by atoms with Crippen molar-refractivity contribution in [2.24, 2.45) is 0 Å².